The molecule has 6 aromatic heterocycles. The third-order valence-electron chi connectivity index (χ3n) is 12.3. The van der Waals surface area contributed by atoms with Crippen molar-refractivity contribution in [1.29, 1.82) is 0 Å². The van der Waals surface area contributed by atoms with E-state index >= 15 is 0 Å². The summed E-state index contributed by atoms with van der Waals surface area (Å²) in [6.45, 7) is 7.78. The molecule has 16 nitrogen and oxygen atoms in total. The van der Waals surface area contributed by atoms with E-state index < -0.39 is 6.04 Å². The molecule has 328 valence electrons. The molecule has 0 unspecified atom stereocenters. The number of hydrogen-bond acceptors (Lipinski definition) is 12. The number of imidazole rings is 1. The first-order chi connectivity index (χ1) is 32.5. The van der Waals surface area contributed by atoms with Crippen molar-refractivity contribution in [2.24, 2.45) is 0 Å². The summed E-state index contributed by atoms with van der Waals surface area (Å²) in [6, 6.07) is 33.4. The minimum atomic E-state index is -0.457. The van der Waals surface area contributed by atoms with Crippen LogP contribution in [0.4, 0.5) is 11.6 Å². The number of rotatable bonds is 9. The van der Waals surface area contributed by atoms with Gasteiger partial charge in [0.1, 0.15) is 47.8 Å². The molecule has 0 bridgehead atoms. The Balaban J connectivity index is 1.07. The van der Waals surface area contributed by atoms with E-state index in [-0.39, 0.29) is 29.2 Å². The lowest BCUT2D eigenvalue weighted by Gasteiger charge is -2.23. The number of phenolic OH excluding ortho intramolecular Hbond substituents is 1. The normalized spacial score (nSPS) is 12.1. The number of phenols is 1. The molecule has 11 aromatic rings. The van der Waals surface area contributed by atoms with Gasteiger partial charge >= 0.3 is 0 Å². The van der Waals surface area contributed by atoms with Gasteiger partial charge in [0.2, 0.25) is 0 Å². The lowest BCUT2D eigenvalue weighted by Crippen LogP contribution is -2.26. The lowest BCUT2D eigenvalue weighted by molar-refractivity contribution is 0.476. The van der Waals surface area contributed by atoms with Gasteiger partial charge in [0.05, 0.1) is 45.4 Å². The highest BCUT2D eigenvalue weighted by Crippen LogP contribution is 2.38. The van der Waals surface area contributed by atoms with Crippen LogP contribution < -0.4 is 22.2 Å². The Hall–Kier alpha value is -9.05. The van der Waals surface area contributed by atoms with Crippen LogP contribution in [0.2, 0.25) is 0 Å². The highest BCUT2D eigenvalue weighted by molar-refractivity contribution is 5.99. The number of aromatic hydroxyl groups is 1. The molecule has 0 aliphatic carbocycles. The van der Waals surface area contributed by atoms with Crippen LogP contribution in [0.15, 0.2) is 138 Å². The Kier molecular flexibility index (Phi) is 9.65. The number of nitrogens with one attached hydrogen (secondary N) is 2. The summed E-state index contributed by atoms with van der Waals surface area (Å²) in [5.74, 6) is 1.06. The van der Waals surface area contributed by atoms with Gasteiger partial charge in [0.15, 0.2) is 17.1 Å². The molecular weight excluding hydrogens is 843 g/mol. The fourth-order valence-electron chi connectivity index (χ4n) is 9.18. The molecule has 0 radical (unpaired) electrons. The van der Waals surface area contributed by atoms with Crippen molar-refractivity contribution in [1.82, 2.24) is 53.8 Å². The van der Waals surface area contributed by atoms with Crippen molar-refractivity contribution < 1.29 is 5.11 Å². The van der Waals surface area contributed by atoms with Crippen molar-refractivity contribution >= 4 is 55.5 Å². The summed E-state index contributed by atoms with van der Waals surface area (Å²) < 4.78 is 5.01. The number of H-pyrrole nitrogens is 1. The van der Waals surface area contributed by atoms with Crippen LogP contribution in [0.5, 0.6) is 5.75 Å². The van der Waals surface area contributed by atoms with Crippen molar-refractivity contribution in [3.05, 3.63) is 177 Å². The van der Waals surface area contributed by atoms with Crippen LogP contribution >= 0.6 is 0 Å². The molecule has 5 aromatic carbocycles. The van der Waals surface area contributed by atoms with Crippen molar-refractivity contribution in [3.8, 4) is 39.5 Å². The molecule has 0 saturated heterocycles. The third kappa shape index (κ3) is 6.81. The first kappa shape index (κ1) is 40.7. The molecule has 0 aliphatic rings. The third-order valence-corrected chi connectivity index (χ3v) is 12.3. The fraction of sp³-hybridized carbons (Fsp3) is 0.118. The molecule has 0 saturated carbocycles. The second-order valence-electron chi connectivity index (χ2n) is 16.6. The fourth-order valence-corrected chi connectivity index (χ4v) is 9.18. The molecule has 0 amide bonds. The first-order valence-electron chi connectivity index (χ1n) is 21.6. The summed E-state index contributed by atoms with van der Waals surface area (Å²) >= 11 is 0. The first-order valence-corrected chi connectivity index (χ1v) is 21.6. The van der Waals surface area contributed by atoms with Gasteiger partial charge in [-0.25, -0.2) is 34.6 Å². The largest absolute Gasteiger partial charge is 0.508 e. The number of nitrogens with zero attached hydrogens (tertiary/aromatic N) is 10. The van der Waals surface area contributed by atoms with E-state index in [1.54, 1.807) is 32.3 Å². The van der Waals surface area contributed by atoms with Gasteiger partial charge in [-0.2, -0.15) is 5.10 Å². The van der Waals surface area contributed by atoms with Gasteiger partial charge in [-0.3, -0.25) is 18.7 Å². The number of fused-ring (bicyclic) bond motifs is 4. The van der Waals surface area contributed by atoms with E-state index in [2.05, 4.69) is 35.2 Å². The van der Waals surface area contributed by atoms with Gasteiger partial charge in [-0.05, 0) is 97.8 Å². The molecule has 0 fully saturated rings. The average molecular weight is 884 g/mol. The maximum absolute atomic E-state index is 15.0. The summed E-state index contributed by atoms with van der Waals surface area (Å²) in [7, 11) is 0. The number of aromatic nitrogens is 11. The number of anilines is 2. The summed E-state index contributed by atoms with van der Waals surface area (Å²) in [5.41, 5.74) is 15.0. The van der Waals surface area contributed by atoms with E-state index in [0.717, 1.165) is 22.1 Å². The molecule has 0 aliphatic heterocycles. The summed E-state index contributed by atoms with van der Waals surface area (Å²) in [5, 5.41) is 22.5. The number of aryl methyl sites for hydroxylation is 3. The van der Waals surface area contributed by atoms with Crippen LogP contribution in [-0.2, 0) is 6.54 Å². The Morgan fingerprint density at radius 3 is 2.27 bits per heavy atom. The van der Waals surface area contributed by atoms with Gasteiger partial charge in [-0.15, -0.1) is 0 Å². The van der Waals surface area contributed by atoms with Gasteiger partial charge in [0.25, 0.3) is 11.1 Å². The van der Waals surface area contributed by atoms with Gasteiger partial charge in [-0.1, -0.05) is 66.7 Å². The van der Waals surface area contributed by atoms with Crippen LogP contribution in [0, 0.1) is 20.8 Å². The zero-order valence-corrected chi connectivity index (χ0v) is 36.7. The van der Waals surface area contributed by atoms with Gasteiger partial charge < -0.3 is 21.1 Å². The van der Waals surface area contributed by atoms with E-state index in [1.165, 1.54) is 12.7 Å². The van der Waals surface area contributed by atoms with Crippen LogP contribution in [0.25, 0.3) is 77.6 Å². The van der Waals surface area contributed by atoms with E-state index in [1.807, 2.05) is 125 Å². The predicted molar refractivity (Wildman–Crippen MR) is 260 cm³/mol. The molecule has 67 heavy (non-hydrogen) atoms. The number of benzene rings is 5. The summed E-state index contributed by atoms with van der Waals surface area (Å²) in [4.78, 5) is 59.7. The standard InChI is InChI=1S/C51H41N13O3/c1-27-11-5-7-17-37(27)64-40(60-36-16-10-13-29(3)42(36)51(64)67)23-62-49-43(46(52)54-25-58-49)44(61-62)33-19-32(20-34(65)21-33)35-15-6-8-18-38(35)63-39(22-31-14-9-12-28(2)41(31)50(63)66)30(4)59-48-45-47(55-24-53-45)56-26-57-48/h5-22,24-26,30,65H,23H2,1-4H3,(H2,52,54,58)(H2,53,55,56,57,59)/t30-/m0/s1. The zero-order valence-electron chi connectivity index (χ0n) is 36.7. The molecule has 0 spiro atoms. The Bertz CT molecular complexity index is 3930. The topological polar surface area (TPSA) is 213 Å². The second-order valence-corrected chi connectivity index (χ2v) is 16.6. The van der Waals surface area contributed by atoms with Crippen LogP contribution in [0.1, 0.15) is 41.2 Å². The quantitative estimate of drug-likeness (QED) is 0.108. The van der Waals surface area contributed by atoms with Crippen LogP contribution in [-0.4, -0.2) is 58.9 Å². The molecule has 1 atom stereocenters. The minimum absolute atomic E-state index is 0.0366. The highest BCUT2D eigenvalue weighted by Gasteiger charge is 2.25. The maximum Gasteiger partial charge on any atom is 0.266 e. The number of hydrogen-bond donors (Lipinski definition) is 4. The molecule has 6 heterocycles. The van der Waals surface area contributed by atoms with Crippen molar-refractivity contribution in [2.45, 2.75) is 40.3 Å². The predicted octanol–water partition coefficient (Wildman–Crippen LogP) is 8.26. The maximum atomic E-state index is 15.0. The SMILES string of the molecule is Cc1ccccc1-n1c(Cn2nc(-c3cc(O)cc(-c4ccccc4-n4c([C@H](C)Nc5ncnc6[nH]cnc56)cc5cccc(C)c5c4=O)c3)c3c(N)ncnc32)nc2cccc(C)c2c1=O. The van der Waals surface area contributed by atoms with Crippen molar-refractivity contribution in [2.75, 3.05) is 11.1 Å². The second kappa shape index (κ2) is 15.9. The number of aromatic amines is 1. The average Bonchev–Trinajstić information content (AvgIpc) is 3.96. The number of nitrogen functional groups attached to an aromatic ring is 1. The molecule has 16 heteroatoms. The zero-order chi connectivity index (χ0) is 46.1. The molecule has 5 N–H and O–H groups in total. The minimum Gasteiger partial charge on any atom is -0.508 e. The van der Waals surface area contributed by atoms with Crippen LogP contribution in [0.3, 0.4) is 0 Å². The molecular formula is C51H41N13O3. The summed E-state index contributed by atoms with van der Waals surface area (Å²) in [6.07, 6.45) is 4.39. The Labute approximate surface area is 381 Å². The van der Waals surface area contributed by atoms with E-state index in [9.17, 15) is 14.7 Å². The van der Waals surface area contributed by atoms with Gasteiger partial charge in [0, 0.05) is 16.8 Å². The van der Waals surface area contributed by atoms with E-state index in [4.69, 9.17) is 15.8 Å². The Morgan fingerprint density at radius 1 is 0.716 bits per heavy atom. The lowest BCUT2D eigenvalue weighted by atomic mass is 9.97. The monoisotopic (exact) mass is 883 g/mol. The number of para-hydroxylation sites is 2. The number of nitrogens with two attached hydrogens (primary N) is 1. The smallest absolute Gasteiger partial charge is 0.266 e. The highest BCUT2D eigenvalue weighted by atomic mass is 16.3. The van der Waals surface area contributed by atoms with E-state index in [0.29, 0.717) is 89.6 Å². The Morgan fingerprint density at radius 2 is 1.43 bits per heavy atom. The number of pyridine rings is 1. The van der Waals surface area contributed by atoms with Crippen molar-refractivity contribution in [3.63, 3.8) is 0 Å². The molecule has 11 rings (SSSR count).